The van der Waals surface area contributed by atoms with Crippen LogP contribution in [0.4, 0.5) is 13.2 Å². The van der Waals surface area contributed by atoms with Crippen molar-refractivity contribution in [3.05, 3.63) is 0 Å². The smallest absolute Gasteiger partial charge is 0.394 e. The van der Waals surface area contributed by atoms with Gasteiger partial charge >= 0.3 is 12.1 Å². The lowest BCUT2D eigenvalue weighted by Gasteiger charge is -2.28. The standard InChI is InChI=1S/C15H21F3N2O4/c1-8(21)19-12(9-4-2-3-5-9)13(22)20-6-10(14(23)24)11(7-20)15(16,17)18/h9-12H,2-7H2,1H3,(H,19,21)(H,23,24)/t10-,11-,12?/m1/s1. The summed E-state index contributed by atoms with van der Waals surface area (Å²) >= 11 is 0. The molecular weight excluding hydrogens is 329 g/mol. The molecule has 2 rings (SSSR count). The van der Waals surface area contributed by atoms with Gasteiger partial charge in [0, 0.05) is 20.0 Å². The molecular formula is C15H21F3N2O4. The Hall–Kier alpha value is -1.80. The third kappa shape index (κ3) is 3.99. The van der Waals surface area contributed by atoms with Gasteiger partial charge in [0.2, 0.25) is 11.8 Å². The minimum atomic E-state index is -4.69. The molecule has 0 bridgehead atoms. The first kappa shape index (κ1) is 18.5. The molecule has 3 atom stereocenters. The Morgan fingerprint density at radius 1 is 1.17 bits per heavy atom. The molecule has 1 unspecified atom stereocenters. The third-order valence-electron chi connectivity index (χ3n) is 4.87. The van der Waals surface area contributed by atoms with Gasteiger partial charge < -0.3 is 15.3 Å². The summed E-state index contributed by atoms with van der Waals surface area (Å²) < 4.78 is 39.1. The number of amides is 2. The van der Waals surface area contributed by atoms with Crippen molar-refractivity contribution in [3.63, 3.8) is 0 Å². The van der Waals surface area contributed by atoms with Gasteiger partial charge in [-0.25, -0.2) is 0 Å². The van der Waals surface area contributed by atoms with Crippen LogP contribution < -0.4 is 5.32 Å². The largest absolute Gasteiger partial charge is 0.481 e. The van der Waals surface area contributed by atoms with Crippen LogP contribution in [0.2, 0.25) is 0 Å². The molecule has 2 fully saturated rings. The number of carbonyl (C=O) groups excluding carboxylic acids is 2. The maximum absolute atomic E-state index is 13.0. The van der Waals surface area contributed by atoms with Crippen LogP contribution in [-0.2, 0) is 14.4 Å². The second-order valence-electron chi connectivity index (χ2n) is 6.56. The number of hydrogen-bond acceptors (Lipinski definition) is 3. The van der Waals surface area contributed by atoms with Gasteiger partial charge in [0.15, 0.2) is 0 Å². The highest BCUT2D eigenvalue weighted by atomic mass is 19.4. The Balaban J connectivity index is 2.17. The Kier molecular flexibility index (Phi) is 5.39. The van der Waals surface area contributed by atoms with Crippen molar-refractivity contribution >= 4 is 17.8 Å². The van der Waals surface area contributed by atoms with Crippen LogP contribution in [0.5, 0.6) is 0 Å². The van der Waals surface area contributed by atoms with Gasteiger partial charge in [-0.3, -0.25) is 14.4 Å². The molecule has 136 valence electrons. The van der Waals surface area contributed by atoms with E-state index in [0.717, 1.165) is 30.6 Å². The SMILES string of the molecule is CC(=O)NC(C(=O)N1C[C@@H](C(F)(F)F)[C@H](C(=O)O)C1)C1CCCC1. The van der Waals surface area contributed by atoms with Crippen LogP contribution in [0.3, 0.4) is 0 Å². The summed E-state index contributed by atoms with van der Waals surface area (Å²) in [5.74, 6) is -6.48. The van der Waals surface area contributed by atoms with Crippen LogP contribution in [0, 0.1) is 17.8 Å². The number of likely N-dealkylation sites (tertiary alicyclic amines) is 1. The minimum absolute atomic E-state index is 0.116. The molecule has 0 radical (unpaired) electrons. The van der Waals surface area contributed by atoms with Crippen LogP contribution in [-0.4, -0.2) is 53.1 Å². The van der Waals surface area contributed by atoms with E-state index in [2.05, 4.69) is 5.32 Å². The molecule has 0 aromatic rings. The van der Waals surface area contributed by atoms with E-state index in [0.29, 0.717) is 0 Å². The quantitative estimate of drug-likeness (QED) is 0.802. The fourth-order valence-corrected chi connectivity index (χ4v) is 3.65. The first-order chi connectivity index (χ1) is 11.1. The molecule has 0 aromatic heterocycles. The zero-order chi connectivity index (χ0) is 18.1. The number of nitrogens with one attached hydrogen (secondary N) is 1. The molecule has 0 spiro atoms. The van der Waals surface area contributed by atoms with E-state index in [1.807, 2.05) is 0 Å². The predicted octanol–water partition coefficient (Wildman–Crippen LogP) is 1.40. The number of nitrogens with zero attached hydrogens (tertiary/aromatic N) is 1. The van der Waals surface area contributed by atoms with Gasteiger partial charge in [0.05, 0.1) is 11.8 Å². The molecule has 1 aliphatic heterocycles. The molecule has 2 aliphatic rings. The zero-order valence-electron chi connectivity index (χ0n) is 13.3. The lowest BCUT2D eigenvalue weighted by atomic mass is 9.96. The van der Waals surface area contributed by atoms with E-state index in [-0.39, 0.29) is 5.92 Å². The predicted molar refractivity (Wildman–Crippen MR) is 76.8 cm³/mol. The van der Waals surface area contributed by atoms with Crippen LogP contribution >= 0.6 is 0 Å². The molecule has 2 N–H and O–H groups in total. The highest BCUT2D eigenvalue weighted by Gasteiger charge is 2.54. The molecule has 0 aromatic carbocycles. The van der Waals surface area contributed by atoms with Crippen molar-refractivity contribution in [3.8, 4) is 0 Å². The highest BCUT2D eigenvalue weighted by molar-refractivity contribution is 5.88. The maximum atomic E-state index is 13.0. The highest BCUT2D eigenvalue weighted by Crippen LogP contribution is 2.38. The molecule has 9 heteroatoms. The molecule has 2 amide bonds. The number of carbonyl (C=O) groups is 3. The van der Waals surface area contributed by atoms with Crippen molar-refractivity contribution in [2.75, 3.05) is 13.1 Å². The second-order valence-corrected chi connectivity index (χ2v) is 6.56. The molecule has 1 saturated heterocycles. The van der Waals surface area contributed by atoms with E-state index < -0.39 is 54.9 Å². The van der Waals surface area contributed by atoms with Crippen molar-refractivity contribution in [1.82, 2.24) is 10.2 Å². The van der Waals surface area contributed by atoms with Crippen molar-refractivity contribution < 1.29 is 32.7 Å². The number of carboxylic acids is 1. The lowest BCUT2D eigenvalue weighted by molar-refractivity contribution is -0.188. The summed E-state index contributed by atoms with van der Waals surface area (Å²) in [6.07, 6.45) is -1.45. The fourth-order valence-electron chi connectivity index (χ4n) is 3.65. The van der Waals surface area contributed by atoms with Gasteiger partial charge in [-0.1, -0.05) is 12.8 Å². The first-order valence-corrected chi connectivity index (χ1v) is 7.96. The number of rotatable bonds is 4. The van der Waals surface area contributed by atoms with Crippen LogP contribution in [0.15, 0.2) is 0 Å². The fraction of sp³-hybridized carbons (Fsp3) is 0.800. The summed E-state index contributed by atoms with van der Waals surface area (Å²) in [4.78, 5) is 36.1. The lowest BCUT2D eigenvalue weighted by Crippen LogP contribution is -2.51. The van der Waals surface area contributed by atoms with Crippen molar-refractivity contribution in [2.24, 2.45) is 17.8 Å². The van der Waals surface area contributed by atoms with Gasteiger partial charge in [-0.2, -0.15) is 13.2 Å². The van der Waals surface area contributed by atoms with Gasteiger partial charge in [-0.05, 0) is 18.8 Å². The topological polar surface area (TPSA) is 86.7 Å². The zero-order valence-corrected chi connectivity index (χ0v) is 13.3. The van der Waals surface area contributed by atoms with Crippen molar-refractivity contribution in [2.45, 2.75) is 44.8 Å². The number of hydrogen-bond donors (Lipinski definition) is 2. The van der Waals surface area contributed by atoms with E-state index >= 15 is 0 Å². The number of alkyl halides is 3. The van der Waals surface area contributed by atoms with E-state index in [9.17, 15) is 27.6 Å². The van der Waals surface area contributed by atoms with E-state index in [1.165, 1.54) is 6.92 Å². The van der Waals surface area contributed by atoms with E-state index in [4.69, 9.17) is 5.11 Å². The molecule has 6 nitrogen and oxygen atoms in total. The number of halogens is 3. The summed E-state index contributed by atoms with van der Waals surface area (Å²) in [6.45, 7) is 0.0844. The van der Waals surface area contributed by atoms with Gasteiger partial charge in [0.25, 0.3) is 0 Å². The van der Waals surface area contributed by atoms with Gasteiger partial charge in [0.1, 0.15) is 6.04 Å². The Morgan fingerprint density at radius 3 is 2.17 bits per heavy atom. The van der Waals surface area contributed by atoms with E-state index in [1.54, 1.807) is 0 Å². The monoisotopic (exact) mass is 350 g/mol. The van der Waals surface area contributed by atoms with Crippen LogP contribution in [0.1, 0.15) is 32.6 Å². The molecule has 1 saturated carbocycles. The maximum Gasteiger partial charge on any atom is 0.394 e. The molecule has 24 heavy (non-hydrogen) atoms. The molecule has 1 aliphatic carbocycles. The average molecular weight is 350 g/mol. The van der Waals surface area contributed by atoms with Crippen LogP contribution in [0.25, 0.3) is 0 Å². The Labute approximate surface area is 137 Å². The normalized spacial score (nSPS) is 26.4. The Bertz CT molecular complexity index is 517. The summed E-state index contributed by atoms with van der Waals surface area (Å²) in [7, 11) is 0. The summed E-state index contributed by atoms with van der Waals surface area (Å²) in [6, 6.07) is -0.883. The summed E-state index contributed by atoms with van der Waals surface area (Å²) in [5.41, 5.74) is 0. The Morgan fingerprint density at radius 2 is 1.75 bits per heavy atom. The summed E-state index contributed by atoms with van der Waals surface area (Å²) in [5, 5.41) is 11.6. The molecule has 1 heterocycles. The first-order valence-electron chi connectivity index (χ1n) is 7.96. The average Bonchev–Trinajstić information content (AvgIpc) is 3.12. The van der Waals surface area contributed by atoms with Gasteiger partial charge in [-0.15, -0.1) is 0 Å². The second kappa shape index (κ2) is 6.98. The third-order valence-corrected chi connectivity index (χ3v) is 4.87. The number of aliphatic carboxylic acids is 1. The van der Waals surface area contributed by atoms with Crippen molar-refractivity contribution in [1.29, 1.82) is 0 Å². The number of carboxylic acid groups (broad SMARTS) is 1. The minimum Gasteiger partial charge on any atom is -0.481 e.